The molecule has 0 fully saturated rings. The van der Waals surface area contributed by atoms with Gasteiger partial charge in [-0.2, -0.15) is 0 Å². The largest absolute Gasteiger partial charge is 0.299 e. The van der Waals surface area contributed by atoms with Gasteiger partial charge in [-0.05, 0) is 25.0 Å². The molecule has 0 unspecified atom stereocenters. The highest BCUT2D eigenvalue weighted by Crippen LogP contribution is 2.18. The third-order valence-electron chi connectivity index (χ3n) is 3.22. The predicted molar refractivity (Wildman–Crippen MR) is 86.9 cm³/mol. The Bertz CT molecular complexity index is 301. The van der Waals surface area contributed by atoms with Crippen LogP contribution in [0.2, 0.25) is 0 Å². The molecule has 0 atom stereocenters. The topological polar surface area (TPSA) is 3.24 Å². The molecule has 0 aliphatic carbocycles. The molecule has 0 bridgehead atoms. The Morgan fingerprint density at radius 1 is 1.11 bits per heavy atom. The van der Waals surface area contributed by atoms with Gasteiger partial charge in [0.2, 0.25) is 0 Å². The SMILES string of the molecule is CCC(CC)N(CCBr)CCSc1ccccc1. The first-order chi connectivity index (χ1) is 8.81. The first kappa shape index (κ1) is 16.1. The number of hydrogen-bond donors (Lipinski definition) is 0. The predicted octanol–water partition coefficient (Wildman–Crippen LogP) is 4.66. The third kappa shape index (κ3) is 5.77. The Morgan fingerprint density at radius 2 is 1.78 bits per heavy atom. The minimum atomic E-state index is 0.735. The van der Waals surface area contributed by atoms with Gasteiger partial charge in [-0.3, -0.25) is 4.90 Å². The Morgan fingerprint density at radius 3 is 2.33 bits per heavy atom. The summed E-state index contributed by atoms with van der Waals surface area (Å²) in [6.45, 7) is 6.92. The fourth-order valence-corrected chi connectivity index (χ4v) is 3.55. The Labute approximate surface area is 124 Å². The molecule has 0 saturated carbocycles. The van der Waals surface area contributed by atoms with Crippen molar-refractivity contribution in [3.63, 3.8) is 0 Å². The third-order valence-corrected chi connectivity index (χ3v) is 4.57. The van der Waals surface area contributed by atoms with Gasteiger partial charge in [0.1, 0.15) is 0 Å². The molecule has 1 aromatic carbocycles. The normalized spacial score (nSPS) is 11.4. The minimum Gasteiger partial charge on any atom is -0.299 e. The van der Waals surface area contributed by atoms with Crippen molar-refractivity contribution >= 4 is 27.7 Å². The maximum Gasteiger partial charge on any atom is 0.0159 e. The molecule has 0 amide bonds. The molecule has 0 heterocycles. The van der Waals surface area contributed by atoms with E-state index in [9.17, 15) is 0 Å². The second-order valence-electron chi connectivity index (χ2n) is 4.36. The molecular weight excluding hydrogens is 306 g/mol. The average Bonchev–Trinajstić information content (AvgIpc) is 2.41. The van der Waals surface area contributed by atoms with Crippen molar-refractivity contribution < 1.29 is 0 Å². The first-order valence-electron chi connectivity index (χ1n) is 6.79. The van der Waals surface area contributed by atoms with Crippen LogP contribution in [0.3, 0.4) is 0 Å². The van der Waals surface area contributed by atoms with E-state index >= 15 is 0 Å². The van der Waals surface area contributed by atoms with Crippen LogP contribution in [-0.2, 0) is 0 Å². The van der Waals surface area contributed by atoms with Gasteiger partial charge in [-0.1, -0.05) is 48.0 Å². The molecule has 1 aromatic rings. The highest BCUT2D eigenvalue weighted by molar-refractivity contribution is 9.09. The monoisotopic (exact) mass is 329 g/mol. The summed E-state index contributed by atoms with van der Waals surface area (Å²) >= 11 is 5.52. The van der Waals surface area contributed by atoms with E-state index in [2.05, 4.69) is 65.0 Å². The van der Waals surface area contributed by atoms with Crippen LogP contribution in [0.15, 0.2) is 35.2 Å². The fraction of sp³-hybridized carbons (Fsp3) is 0.600. The van der Waals surface area contributed by atoms with Crippen LogP contribution in [0, 0.1) is 0 Å². The van der Waals surface area contributed by atoms with Crippen molar-refractivity contribution in [2.75, 3.05) is 24.2 Å². The summed E-state index contributed by atoms with van der Waals surface area (Å²) in [4.78, 5) is 3.99. The van der Waals surface area contributed by atoms with Crippen molar-refractivity contribution in [2.24, 2.45) is 0 Å². The van der Waals surface area contributed by atoms with Gasteiger partial charge in [0.25, 0.3) is 0 Å². The second-order valence-corrected chi connectivity index (χ2v) is 6.32. The summed E-state index contributed by atoms with van der Waals surface area (Å²) in [7, 11) is 0. The van der Waals surface area contributed by atoms with E-state index in [1.54, 1.807) is 0 Å². The van der Waals surface area contributed by atoms with Crippen molar-refractivity contribution in [1.29, 1.82) is 0 Å². The molecular formula is C15H24BrNS. The molecule has 0 spiro atoms. The number of thioether (sulfide) groups is 1. The minimum absolute atomic E-state index is 0.735. The van der Waals surface area contributed by atoms with Gasteiger partial charge < -0.3 is 0 Å². The summed E-state index contributed by atoms with van der Waals surface area (Å²) in [6.07, 6.45) is 2.50. The molecule has 0 aliphatic heterocycles. The van der Waals surface area contributed by atoms with E-state index in [4.69, 9.17) is 0 Å². The highest BCUT2D eigenvalue weighted by atomic mass is 79.9. The summed E-state index contributed by atoms with van der Waals surface area (Å²) in [5.41, 5.74) is 0. The van der Waals surface area contributed by atoms with Gasteiger partial charge in [-0.15, -0.1) is 11.8 Å². The maximum atomic E-state index is 3.57. The first-order valence-corrected chi connectivity index (χ1v) is 8.90. The van der Waals surface area contributed by atoms with Gasteiger partial charge in [-0.25, -0.2) is 0 Å². The maximum absolute atomic E-state index is 3.57. The van der Waals surface area contributed by atoms with Gasteiger partial charge in [0.15, 0.2) is 0 Å². The zero-order valence-electron chi connectivity index (χ0n) is 11.4. The van der Waals surface area contributed by atoms with Crippen molar-refractivity contribution in [1.82, 2.24) is 4.90 Å². The lowest BCUT2D eigenvalue weighted by Crippen LogP contribution is -2.37. The number of hydrogen-bond acceptors (Lipinski definition) is 2. The summed E-state index contributed by atoms with van der Waals surface area (Å²) in [5.74, 6) is 1.17. The van der Waals surface area contributed by atoms with E-state index in [1.165, 1.54) is 30.0 Å². The van der Waals surface area contributed by atoms with E-state index in [0.717, 1.165) is 17.9 Å². The molecule has 102 valence electrons. The van der Waals surface area contributed by atoms with Crippen LogP contribution in [0.5, 0.6) is 0 Å². The van der Waals surface area contributed by atoms with Gasteiger partial charge >= 0.3 is 0 Å². The average molecular weight is 330 g/mol. The molecule has 0 radical (unpaired) electrons. The number of halogens is 1. The molecule has 0 aliphatic rings. The lowest BCUT2D eigenvalue weighted by atomic mass is 10.1. The number of nitrogens with zero attached hydrogens (tertiary/aromatic N) is 1. The standard InChI is InChI=1S/C15H24BrNS/c1-3-14(4-2)17(11-10-16)12-13-18-15-8-6-5-7-9-15/h5-9,14H,3-4,10-13H2,1-2H3. The zero-order valence-corrected chi connectivity index (χ0v) is 13.8. The van der Waals surface area contributed by atoms with E-state index in [0.29, 0.717) is 0 Å². The molecule has 0 saturated heterocycles. The van der Waals surface area contributed by atoms with E-state index < -0.39 is 0 Å². The lowest BCUT2D eigenvalue weighted by Gasteiger charge is -2.29. The van der Waals surface area contributed by atoms with Crippen molar-refractivity contribution in [3.05, 3.63) is 30.3 Å². The highest BCUT2D eigenvalue weighted by Gasteiger charge is 2.13. The number of benzene rings is 1. The molecule has 1 rings (SSSR count). The quantitative estimate of drug-likeness (QED) is 0.478. The van der Waals surface area contributed by atoms with Crippen LogP contribution in [0.25, 0.3) is 0 Å². The van der Waals surface area contributed by atoms with Gasteiger partial charge in [0.05, 0.1) is 0 Å². The summed E-state index contributed by atoms with van der Waals surface area (Å²) < 4.78 is 0. The van der Waals surface area contributed by atoms with Crippen LogP contribution in [0.1, 0.15) is 26.7 Å². The Balaban J connectivity index is 2.37. The number of alkyl halides is 1. The molecule has 3 heteroatoms. The van der Waals surface area contributed by atoms with Gasteiger partial charge in [0, 0.05) is 35.1 Å². The zero-order chi connectivity index (χ0) is 13.2. The van der Waals surface area contributed by atoms with Crippen LogP contribution in [0.4, 0.5) is 0 Å². The molecule has 18 heavy (non-hydrogen) atoms. The van der Waals surface area contributed by atoms with Crippen molar-refractivity contribution in [3.8, 4) is 0 Å². The lowest BCUT2D eigenvalue weighted by molar-refractivity contribution is 0.210. The molecule has 0 aromatic heterocycles. The van der Waals surface area contributed by atoms with E-state index in [-0.39, 0.29) is 0 Å². The second kappa shape index (κ2) is 9.88. The number of rotatable bonds is 9. The Hall–Kier alpha value is 0.0100. The van der Waals surface area contributed by atoms with Crippen molar-refractivity contribution in [2.45, 2.75) is 37.6 Å². The summed E-state index contributed by atoms with van der Waals surface area (Å²) in [5, 5.41) is 1.07. The molecule has 1 nitrogen and oxygen atoms in total. The Kier molecular flexibility index (Phi) is 8.82. The van der Waals surface area contributed by atoms with Crippen LogP contribution in [-0.4, -0.2) is 35.1 Å². The smallest absolute Gasteiger partial charge is 0.0159 e. The van der Waals surface area contributed by atoms with E-state index in [1.807, 2.05) is 11.8 Å². The fourth-order valence-electron chi connectivity index (χ4n) is 2.19. The van der Waals surface area contributed by atoms with Crippen LogP contribution >= 0.6 is 27.7 Å². The molecule has 0 N–H and O–H groups in total. The van der Waals surface area contributed by atoms with Crippen LogP contribution < -0.4 is 0 Å². The summed E-state index contributed by atoms with van der Waals surface area (Å²) in [6, 6.07) is 11.4.